The molecule has 5 heterocycles. The molecule has 0 spiro atoms. The van der Waals surface area contributed by atoms with Crippen LogP contribution in [-0.2, 0) is 4.79 Å². The first-order valence-corrected chi connectivity index (χ1v) is 15.6. The van der Waals surface area contributed by atoms with Gasteiger partial charge in [-0.2, -0.15) is 11.8 Å². The molecular weight excluding hydrogens is 564 g/mol. The Kier molecular flexibility index (Phi) is 7.35. The van der Waals surface area contributed by atoms with Crippen molar-refractivity contribution in [1.82, 2.24) is 41.2 Å². The summed E-state index contributed by atoms with van der Waals surface area (Å²) in [6.45, 7) is 0.665. The average Bonchev–Trinajstić information content (AvgIpc) is 3.59. The summed E-state index contributed by atoms with van der Waals surface area (Å²) < 4.78 is 0. The normalized spacial score (nSPS) is 19.4. The minimum atomic E-state index is -0.242. The van der Waals surface area contributed by atoms with Crippen molar-refractivity contribution in [3.05, 3.63) is 60.4 Å². The van der Waals surface area contributed by atoms with Crippen molar-refractivity contribution in [3.8, 4) is 0 Å². The lowest BCUT2D eigenvalue weighted by atomic mass is 10.0. The molecule has 3 aromatic heterocycles. The summed E-state index contributed by atoms with van der Waals surface area (Å²) in [5, 5.41) is 13.8. The zero-order valence-corrected chi connectivity index (χ0v) is 24.1. The number of nitrogens with one attached hydrogen (secondary N) is 4. The predicted octanol–water partition coefficient (Wildman–Crippen LogP) is 3.45. The van der Waals surface area contributed by atoms with E-state index in [1.54, 1.807) is 30.6 Å². The molecule has 2 aromatic carbocycles. The lowest BCUT2D eigenvalue weighted by Gasteiger charge is -2.16. The molecule has 11 nitrogen and oxygen atoms in total. The van der Waals surface area contributed by atoms with Gasteiger partial charge in [0.1, 0.15) is 0 Å². The van der Waals surface area contributed by atoms with Crippen molar-refractivity contribution in [3.63, 3.8) is 0 Å². The Bertz CT molecular complexity index is 1900. The van der Waals surface area contributed by atoms with Crippen LogP contribution in [0, 0.1) is 0 Å². The van der Waals surface area contributed by atoms with E-state index in [9.17, 15) is 14.4 Å². The zero-order chi connectivity index (χ0) is 29.3. The highest BCUT2D eigenvalue weighted by Crippen LogP contribution is 2.33. The molecule has 12 heteroatoms. The predicted molar refractivity (Wildman–Crippen MR) is 167 cm³/mol. The molecule has 4 amide bonds. The lowest BCUT2D eigenvalue weighted by molar-refractivity contribution is -0.121. The summed E-state index contributed by atoms with van der Waals surface area (Å²) in [4.78, 5) is 55.6. The molecule has 2 fully saturated rings. The molecular formula is C31H30N8O3S. The number of thioether (sulfide) groups is 1. The lowest BCUT2D eigenvalue weighted by Crippen LogP contribution is -2.36. The van der Waals surface area contributed by atoms with Gasteiger partial charge in [0.2, 0.25) is 5.91 Å². The quantitative estimate of drug-likeness (QED) is 0.0877. The SMILES string of the molecule is O=C(CCCC[C@@H]1SC[C@@H]2NC(=O)N[C@@H]21)NCCNC(=O)c1ccc2nc3c4cccnc4c4ncccc4c3nc2c1. The molecule has 218 valence electrons. The molecule has 0 radical (unpaired) electrons. The number of carbonyl (C=O) groups excluding carboxylic acids is 3. The third kappa shape index (κ3) is 5.38. The number of urea groups is 1. The second kappa shape index (κ2) is 11.6. The van der Waals surface area contributed by atoms with Crippen LogP contribution >= 0.6 is 11.8 Å². The number of carbonyl (C=O) groups is 3. The van der Waals surface area contributed by atoms with Gasteiger partial charge < -0.3 is 21.3 Å². The van der Waals surface area contributed by atoms with Gasteiger partial charge in [-0.05, 0) is 55.3 Å². The fourth-order valence-electron chi connectivity index (χ4n) is 5.98. The molecule has 5 aromatic rings. The van der Waals surface area contributed by atoms with Crippen molar-refractivity contribution >= 4 is 73.5 Å². The van der Waals surface area contributed by atoms with E-state index < -0.39 is 0 Å². The molecule has 2 aliphatic heterocycles. The topological polar surface area (TPSA) is 151 Å². The first kappa shape index (κ1) is 27.3. The smallest absolute Gasteiger partial charge is 0.315 e. The fourth-order valence-corrected chi connectivity index (χ4v) is 7.53. The molecule has 4 N–H and O–H groups in total. The van der Waals surface area contributed by atoms with Gasteiger partial charge in [0.15, 0.2) is 0 Å². The molecule has 2 aliphatic rings. The molecule has 2 saturated heterocycles. The third-order valence-electron chi connectivity index (χ3n) is 8.09. The van der Waals surface area contributed by atoms with Gasteiger partial charge >= 0.3 is 6.03 Å². The number of nitrogens with zero attached hydrogens (tertiary/aromatic N) is 4. The van der Waals surface area contributed by atoms with Crippen molar-refractivity contribution in [2.24, 2.45) is 0 Å². The molecule has 7 rings (SSSR count). The maximum absolute atomic E-state index is 12.9. The standard InChI is InChI=1S/C31H30N8O3S/c40-24(8-2-1-7-23-29-22(16-43-23)38-31(42)39-29)32-13-14-35-30(41)17-9-10-20-21(15-17)37-28-19-6-4-12-34-26(19)25-18(27(28)36-20)5-3-11-33-25/h3-6,9-12,15,22-23,29H,1-2,7-8,13-14,16H2,(H,32,40)(H,35,41)(H2,38,39,42)/t22-,23-,29-/m0/s1. The number of amides is 4. The Morgan fingerprint density at radius 1 is 0.860 bits per heavy atom. The van der Waals surface area contributed by atoms with E-state index in [4.69, 9.17) is 9.97 Å². The maximum Gasteiger partial charge on any atom is 0.315 e. The molecule has 3 atom stereocenters. The van der Waals surface area contributed by atoms with E-state index in [2.05, 4.69) is 31.2 Å². The number of rotatable bonds is 9. The van der Waals surface area contributed by atoms with Crippen LogP contribution in [0.5, 0.6) is 0 Å². The number of unbranched alkanes of at least 4 members (excludes halogenated alkanes) is 1. The van der Waals surface area contributed by atoms with E-state index >= 15 is 0 Å². The van der Waals surface area contributed by atoms with E-state index in [-0.39, 0.29) is 29.9 Å². The van der Waals surface area contributed by atoms with Gasteiger partial charge in [-0.1, -0.05) is 6.42 Å². The highest BCUT2D eigenvalue weighted by atomic mass is 32.2. The van der Waals surface area contributed by atoms with E-state index in [0.29, 0.717) is 46.9 Å². The third-order valence-corrected chi connectivity index (χ3v) is 9.60. The van der Waals surface area contributed by atoms with Gasteiger partial charge in [-0.15, -0.1) is 0 Å². The minimum absolute atomic E-state index is 0.0284. The van der Waals surface area contributed by atoms with E-state index in [1.165, 1.54) is 0 Å². The maximum atomic E-state index is 12.9. The van der Waals surface area contributed by atoms with Crippen LogP contribution in [0.4, 0.5) is 4.79 Å². The number of benzene rings is 2. The number of fused-ring (bicyclic) bond motifs is 8. The Morgan fingerprint density at radius 2 is 1.58 bits per heavy atom. The average molecular weight is 595 g/mol. The second-order valence-corrected chi connectivity index (χ2v) is 12.2. The first-order chi connectivity index (χ1) is 21.0. The Balaban J connectivity index is 0.936. The van der Waals surface area contributed by atoms with Crippen LogP contribution in [0.25, 0.3) is 43.9 Å². The van der Waals surface area contributed by atoms with Gasteiger partial charge in [0, 0.05) is 59.2 Å². The van der Waals surface area contributed by atoms with Crippen LogP contribution in [0.15, 0.2) is 54.9 Å². The van der Waals surface area contributed by atoms with E-state index in [1.807, 2.05) is 36.0 Å². The van der Waals surface area contributed by atoms with Crippen molar-refractivity contribution in [2.75, 3.05) is 18.8 Å². The summed E-state index contributed by atoms with van der Waals surface area (Å²) in [6.07, 6.45) is 6.62. The highest BCUT2D eigenvalue weighted by molar-refractivity contribution is 8.00. The number of hydrogen-bond acceptors (Lipinski definition) is 8. The summed E-state index contributed by atoms with van der Waals surface area (Å²) in [5.41, 5.74) is 4.76. The fraction of sp³-hybridized carbons (Fsp3) is 0.323. The van der Waals surface area contributed by atoms with E-state index in [0.717, 1.165) is 52.3 Å². The van der Waals surface area contributed by atoms with Gasteiger partial charge in [-0.3, -0.25) is 19.6 Å². The number of hydrogen-bond donors (Lipinski definition) is 4. The first-order valence-electron chi connectivity index (χ1n) is 14.5. The van der Waals surface area contributed by atoms with Gasteiger partial charge in [-0.25, -0.2) is 14.8 Å². The highest BCUT2D eigenvalue weighted by Gasteiger charge is 2.42. The largest absolute Gasteiger partial charge is 0.354 e. The molecule has 0 bridgehead atoms. The number of pyridine rings is 2. The second-order valence-electron chi connectivity index (χ2n) is 10.9. The van der Waals surface area contributed by atoms with Crippen LogP contribution in [0.1, 0.15) is 36.0 Å². The Morgan fingerprint density at radius 3 is 2.35 bits per heavy atom. The van der Waals surface area contributed by atoms with Crippen LogP contribution < -0.4 is 21.3 Å². The van der Waals surface area contributed by atoms with Crippen molar-refractivity contribution < 1.29 is 14.4 Å². The van der Waals surface area contributed by atoms with Crippen LogP contribution in [0.2, 0.25) is 0 Å². The van der Waals surface area contributed by atoms with Crippen molar-refractivity contribution in [1.29, 1.82) is 0 Å². The summed E-state index contributed by atoms with van der Waals surface area (Å²) >= 11 is 1.88. The number of aromatic nitrogens is 4. The molecule has 0 saturated carbocycles. The monoisotopic (exact) mass is 594 g/mol. The Labute approximate surface area is 251 Å². The molecule has 43 heavy (non-hydrogen) atoms. The summed E-state index contributed by atoms with van der Waals surface area (Å²) in [5.74, 6) is 0.668. The van der Waals surface area contributed by atoms with Gasteiger partial charge in [0.25, 0.3) is 5.91 Å². The van der Waals surface area contributed by atoms with Gasteiger partial charge in [0.05, 0.1) is 45.2 Å². The summed E-state index contributed by atoms with van der Waals surface area (Å²) in [7, 11) is 0. The molecule has 0 unspecified atom stereocenters. The molecule has 0 aliphatic carbocycles. The Hall–Kier alpha value is -4.58. The summed E-state index contributed by atoms with van der Waals surface area (Å²) in [6, 6.07) is 13.3. The van der Waals surface area contributed by atoms with Crippen LogP contribution in [0.3, 0.4) is 0 Å². The van der Waals surface area contributed by atoms with Crippen LogP contribution in [-0.4, -0.2) is 74.0 Å². The minimum Gasteiger partial charge on any atom is -0.354 e. The van der Waals surface area contributed by atoms with Crippen molar-refractivity contribution in [2.45, 2.75) is 43.0 Å². The zero-order valence-electron chi connectivity index (χ0n) is 23.3.